The molecule has 0 heterocycles. The van der Waals surface area contributed by atoms with Crippen LogP contribution in [0.2, 0.25) is 5.02 Å². The van der Waals surface area contributed by atoms with Crippen molar-refractivity contribution in [2.24, 2.45) is 0 Å². The van der Waals surface area contributed by atoms with Gasteiger partial charge in [0.25, 0.3) is 0 Å². The summed E-state index contributed by atoms with van der Waals surface area (Å²) >= 11 is 5.92. The maximum absolute atomic E-state index is 12.5. The molecule has 0 spiro atoms. The van der Waals surface area contributed by atoms with Crippen LogP contribution in [0, 0.1) is 0 Å². The molecule has 0 bridgehead atoms. The number of carbonyl (C=O) groups excluding carboxylic acids is 1. The van der Waals surface area contributed by atoms with Crippen molar-refractivity contribution >= 4 is 27.6 Å². The van der Waals surface area contributed by atoms with E-state index >= 15 is 0 Å². The van der Waals surface area contributed by atoms with E-state index in [4.69, 9.17) is 11.6 Å². The molecule has 0 aliphatic rings. The lowest BCUT2D eigenvalue weighted by molar-refractivity contribution is 0.0598. The van der Waals surface area contributed by atoms with Crippen LogP contribution in [-0.4, -0.2) is 50.1 Å². The number of methoxy groups -OCH3 is 1. The first-order chi connectivity index (χ1) is 9.49. The second kappa shape index (κ2) is 6.31. The molecule has 0 fully saturated rings. The number of sulfonamides is 1. The fourth-order valence-corrected chi connectivity index (χ4v) is 3.57. The van der Waals surface area contributed by atoms with E-state index in [1.54, 1.807) is 0 Å². The van der Waals surface area contributed by atoms with Crippen LogP contribution < -0.4 is 0 Å². The minimum Gasteiger partial charge on any atom is -0.465 e. The minimum atomic E-state index is -3.93. The summed E-state index contributed by atoms with van der Waals surface area (Å²) in [5.41, 5.74) is -1.12. The number of ether oxygens (including phenoxy) is 1. The summed E-state index contributed by atoms with van der Waals surface area (Å²) in [5.74, 6) is -0.659. The Bertz CT molecular complexity index is 636. The molecule has 1 rings (SSSR count). The highest BCUT2D eigenvalue weighted by molar-refractivity contribution is 7.89. The fourth-order valence-electron chi connectivity index (χ4n) is 1.74. The fraction of sp³-hybridized carbons (Fsp3) is 0.462. The number of hydrogen-bond donors (Lipinski definition) is 1. The van der Waals surface area contributed by atoms with Gasteiger partial charge < -0.3 is 9.84 Å². The van der Waals surface area contributed by atoms with Crippen molar-refractivity contribution in [1.82, 2.24) is 4.31 Å². The molecular formula is C13H18ClNO5S. The molecule has 0 unspecified atom stereocenters. The van der Waals surface area contributed by atoms with Gasteiger partial charge in [-0.15, -0.1) is 0 Å². The van der Waals surface area contributed by atoms with Gasteiger partial charge in [0, 0.05) is 13.6 Å². The zero-order valence-electron chi connectivity index (χ0n) is 12.3. The monoisotopic (exact) mass is 335 g/mol. The molecule has 8 heteroatoms. The molecule has 0 amide bonds. The van der Waals surface area contributed by atoms with Crippen LogP contribution >= 0.6 is 11.6 Å². The topological polar surface area (TPSA) is 83.9 Å². The highest BCUT2D eigenvalue weighted by Crippen LogP contribution is 2.26. The normalized spacial score (nSPS) is 12.5. The van der Waals surface area contributed by atoms with Gasteiger partial charge in [-0.25, -0.2) is 13.2 Å². The Labute approximate surface area is 129 Å². The Morgan fingerprint density at radius 3 is 2.48 bits per heavy atom. The smallest absolute Gasteiger partial charge is 0.337 e. The zero-order chi connectivity index (χ0) is 16.4. The average molecular weight is 336 g/mol. The molecule has 1 N–H and O–H groups in total. The lowest BCUT2D eigenvalue weighted by Gasteiger charge is -2.25. The number of hydrogen-bond acceptors (Lipinski definition) is 5. The van der Waals surface area contributed by atoms with Crippen molar-refractivity contribution in [3.8, 4) is 0 Å². The summed E-state index contributed by atoms with van der Waals surface area (Å²) in [6, 6.07) is 3.85. The summed E-state index contributed by atoms with van der Waals surface area (Å²) in [5, 5.41) is 9.73. The van der Waals surface area contributed by atoms with Gasteiger partial charge in [0.2, 0.25) is 10.0 Å². The van der Waals surface area contributed by atoms with Gasteiger partial charge in [-0.05, 0) is 32.0 Å². The first-order valence-electron chi connectivity index (χ1n) is 6.05. The van der Waals surface area contributed by atoms with Gasteiger partial charge in [0.1, 0.15) is 4.90 Å². The molecule has 0 saturated carbocycles. The van der Waals surface area contributed by atoms with Gasteiger partial charge in [-0.1, -0.05) is 11.6 Å². The van der Waals surface area contributed by atoms with Crippen LogP contribution in [0.4, 0.5) is 0 Å². The number of esters is 1. The maximum Gasteiger partial charge on any atom is 0.337 e. The molecule has 0 aromatic heterocycles. The van der Waals surface area contributed by atoms with Crippen LogP contribution in [0.1, 0.15) is 24.2 Å². The summed E-state index contributed by atoms with van der Waals surface area (Å²) in [4.78, 5) is 11.3. The lowest BCUT2D eigenvalue weighted by Crippen LogP contribution is -2.39. The minimum absolute atomic E-state index is 0.00903. The van der Waals surface area contributed by atoms with Crippen LogP contribution in [0.15, 0.2) is 23.1 Å². The Morgan fingerprint density at radius 2 is 2.00 bits per heavy atom. The maximum atomic E-state index is 12.5. The first-order valence-corrected chi connectivity index (χ1v) is 7.87. The SMILES string of the molecule is COC(=O)c1ccc(Cl)c(S(=O)(=O)N(C)CC(C)(C)O)c1. The van der Waals surface area contributed by atoms with Crippen LogP contribution in [-0.2, 0) is 14.8 Å². The molecule has 21 heavy (non-hydrogen) atoms. The van der Waals surface area contributed by atoms with Crippen molar-refractivity contribution in [2.45, 2.75) is 24.3 Å². The third-order valence-electron chi connectivity index (χ3n) is 2.65. The molecule has 0 aliphatic heterocycles. The van der Waals surface area contributed by atoms with Gasteiger partial charge >= 0.3 is 5.97 Å². The van der Waals surface area contributed by atoms with Crippen molar-refractivity contribution in [1.29, 1.82) is 0 Å². The van der Waals surface area contributed by atoms with E-state index in [9.17, 15) is 18.3 Å². The standard InChI is InChI=1S/C13H18ClNO5S/c1-13(2,17)8-15(3)21(18,19)11-7-9(12(16)20-4)5-6-10(11)14/h5-7,17H,8H2,1-4H3. The summed E-state index contributed by atoms with van der Waals surface area (Å²) in [6.07, 6.45) is 0. The molecular weight excluding hydrogens is 318 g/mol. The highest BCUT2D eigenvalue weighted by Gasteiger charge is 2.29. The number of halogens is 1. The Morgan fingerprint density at radius 1 is 1.43 bits per heavy atom. The van der Waals surface area contributed by atoms with E-state index in [0.717, 1.165) is 10.4 Å². The van der Waals surface area contributed by atoms with Gasteiger partial charge in [0.05, 0.1) is 23.3 Å². The molecule has 6 nitrogen and oxygen atoms in total. The number of benzene rings is 1. The van der Waals surface area contributed by atoms with Crippen LogP contribution in [0.5, 0.6) is 0 Å². The van der Waals surface area contributed by atoms with E-state index in [-0.39, 0.29) is 22.0 Å². The number of likely N-dealkylation sites (N-methyl/N-ethyl adjacent to an activating group) is 1. The van der Waals surface area contributed by atoms with Gasteiger partial charge in [0.15, 0.2) is 0 Å². The number of rotatable bonds is 5. The number of aliphatic hydroxyl groups is 1. The van der Waals surface area contributed by atoms with E-state index < -0.39 is 21.6 Å². The molecule has 0 atom stereocenters. The van der Waals surface area contributed by atoms with Gasteiger partial charge in [-0.2, -0.15) is 4.31 Å². The Hall–Kier alpha value is -1.15. The molecule has 118 valence electrons. The van der Waals surface area contributed by atoms with Crippen molar-refractivity contribution in [3.05, 3.63) is 28.8 Å². The molecule has 1 aromatic carbocycles. The quantitative estimate of drug-likeness (QED) is 0.825. The second-order valence-corrected chi connectivity index (χ2v) is 7.63. The van der Waals surface area contributed by atoms with Gasteiger partial charge in [-0.3, -0.25) is 0 Å². The third kappa shape index (κ3) is 4.41. The molecule has 0 aliphatic carbocycles. The van der Waals surface area contributed by atoms with Crippen molar-refractivity contribution in [3.63, 3.8) is 0 Å². The number of carbonyl (C=O) groups is 1. The van der Waals surface area contributed by atoms with E-state index in [1.807, 2.05) is 0 Å². The molecule has 1 aromatic rings. The second-order valence-electron chi connectivity index (χ2n) is 5.21. The first kappa shape index (κ1) is 17.9. The Balaban J connectivity index is 3.28. The Kier molecular flexibility index (Phi) is 5.38. The molecule has 0 saturated heterocycles. The summed E-state index contributed by atoms with van der Waals surface area (Å²) in [6.45, 7) is 2.87. The predicted molar refractivity (Wildman–Crippen MR) is 78.9 cm³/mol. The van der Waals surface area contributed by atoms with Crippen molar-refractivity contribution < 1.29 is 23.1 Å². The molecule has 0 radical (unpaired) electrons. The van der Waals surface area contributed by atoms with Crippen molar-refractivity contribution in [2.75, 3.05) is 20.7 Å². The van der Waals surface area contributed by atoms with E-state index in [2.05, 4.69) is 4.74 Å². The lowest BCUT2D eigenvalue weighted by atomic mass is 10.1. The number of nitrogens with zero attached hydrogens (tertiary/aromatic N) is 1. The van der Waals surface area contributed by atoms with E-state index in [1.165, 1.54) is 40.1 Å². The summed E-state index contributed by atoms with van der Waals surface area (Å²) < 4.78 is 30.5. The third-order valence-corrected chi connectivity index (χ3v) is 4.94. The summed E-state index contributed by atoms with van der Waals surface area (Å²) in [7, 11) is -1.41. The van der Waals surface area contributed by atoms with Crippen LogP contribution in [0.3, 0.4) is 0 Å². The zero-order valence-corrected chi connectivity index (χ0v) is 13.8. The highest BCUT2D eigenvalue weighted by atomic mass is 35.5. The van der Waals surface area contributed by atoms with Crippen LogP contribution in [0.25, 0.3) is 0 Å². The van der Waals surface area contributed by atoms with E-state index in [0.29, 0.717) is 0 Å². The predicted octanol–water partition coefficient (Wildman–Crippen LogP) is 1.52. The largest absolute Gasteiger partial charge is 0.465 e. The average Bonchev–Trinajstić information content (AvgIpc) is 2.36.